The number of anilines is 2. The van der Waals surface area contributed by atoms with Gasteiger partial charge in [0, 0.05) is 31.7 Å². The number of nitrogens with zero attached hydrogens (tertiary/aromatic N) is 4. The molecule has 0 saturated carbocycles. The van der Waals surface area contributed by atoms with E-state index < -0.39 is 5.92 Å². The number of likely N-dealkylation sites (N-methyl/N-ethyl adjacent to an activating group) is 1. The number of para-hydroxylation sites is 1. The van der Waals surface area contributed by atoms with Crippen LogP contribution in [0.3, 0.4) is 0 Å². The molecule has 1 unspecified atom stereocenters. The number of benzene rings is 2. The predicted octanol–water partition coefficient (Wildman–Crippen LogP) is 4.63. The maximum absolute atomic E-state index is 13.6. The van der Waals surface area contributed by atoms with Gasteiger partial charge in [-0.05, 0) is 44.8 Å². The Morgan fingerprint density at radius 1 is 1.19 bits per heavy atom. The van der Waals surface area contributed by atoms with E-state index in [9.17, 15) is 9.59 Å². The number of aromatic nitrogens is 1. The Morgan fingerprint density at radius 3 is 2.56 bits per heavy atom. The van der Waals surface area contributed by atoms with E-state index in [1.807, 2.05) is 68.4 Å². The third-order valence-corrected chi connectivity index (χ3v) is 7.03. The van der Waals surface area contributed by atoms with E-state index in [0.29, 0.717) is 29.8 Å². The monoisotopic (exact) mass is 492 g/mol. The SMILES string of the molecule is Cc1ccc(Cl)c2sc(N(CCN(C)C)C(=O)C3CC(=O)N(c4ccccc4)C3)nc12.Cl. The fourth-order valence-electron chi connectivity index (χ4n) is 3.76. The first-order valence-electron chi connectivity index (χ1n) is 10.2. The minimum atomic E-state index is -0.404. The lowest BCUT2D eigenvalue weighted by Gasteiger charge is -2.24. The number of hydrogen-bond acceptors (Lipinski definition) is 5. The number of aryl methyl sites for hydroxylation is 1. The smallest absolute Gasteiger partial charge is 0.234 e. The number of rotatable bonds is 6. The molecule has 0 radical (unpaired) electrons. The van der Waals surface area contributed by atoms with Crippen molar-refractivity contribution in [2.45, 2.75) is 13.3 Å². The number of carbonyl (C=O) groups is 2. The van der Waals surface area contributed by atoms with Crippen molar-refractivity contribution in [2.24, 2.45) is 5.92 Å². The maximum atomic E-state index is 13.6. The Balaban J connectivity index is 0.00000289. The minimum Gasteiger partial charge on any atom is -0.312 e. The minimum absolute atomic E-state index is 0. The number of fused-ring (bicyclic) bond motifs is 1. The number of halogens is 2. The highest BCUT2D eigenvalue weighted by Crippen LogP contribution is 2.37. The van der Waals surface area contributed by atoms with E-state index in [-0.39, 0.29) is 30.6 Å². The van der Waals surface area contributed by atoms with Crippen molar-refractivity contribution in [1.29, 1.82) is 0 Å². The molecule has 1 aromatic heterocycles. The second kappa shape index (κ2) is 10.2. The molecule has 0 N–H and O–H groups in total. The third kappa shape index (κ3) is 4.91. The fourth-order valence-corrected chi connectivity index (χ4v) is 5.11. The second-order valence-corrected chi connectivity index (χ2v) is 9.46. The molecule has 2 heterocycles. The summed E-state index contributed by atoms with van der Waals surface area (Å²) in [7, 11) is 3.94. The summed E-state index contributed by atoms with van der Waals surface area (Å²) in [4.78, 5) is 36.5. The Labute approximate surface area is 203 Å². The van der Waals surface area contributed by atoms with Gasteiger partial charge >= 0.3 is 0 Å². The molecule has 1 aliphatic heterocycles. The van der Waals surface area contributed by atoms with Gasteiger partial charge in [0.15, 0.2) is 5.13 Å². The first kappa shape index (κ1) is 24.5. The molecule has 9 heteroatoms. The molecule has 0 aliphatic carbocycles. The van der Waals surface area contributed by atoms with E-state index in [4.69, 9.17) is 16.6 Å². The van der Waals surface area contributed by atoms with E-state index in [1.54, 1.807) is 9.80 Å². The van der Waals surface area contributed by atoms with Crippen molar-refractivity contribution in [2.75, 3.05) is 43.5 Å². The standard InChI is InChI=1S/C23H25ClN4O2S.ClH/c1-15-9-10-18(24)21-20(15)25-23(31-21)27(12-11-26(2)3)22(30)16-13-19(29)28(14-16)17-7-5-4-6-8-17;/h4-10,16H,11-14H2,1-3H3;1H. The number of hydrogen-bond donors (Lipinski definition) is 0. The lowest BCUT2D eigenvalue weighted by molar-refractivity contribution is -0.124. The molecule has 3 aromatic rings. The molecule has 0 bridgehead atoms. The van der Waals surface area contributed by atoms with Gasteiger partial charge in [0.05, 0.1) is 21.2 Å². The van der Waals surface area contributed by atoms with Crippen molar-refractivity contribution in [1.82, 2.24) is 9.88 Å². The summed E-state index contributed by atoms with van der Waals surface area (Å²) < 4.78 is 0.882. The van der Waals surface area contributed by atoms with Crippen molar-refractivity contribution in [3.8, 4) is 0 Å². The average molecular weight is 493 g/mol. The summed E-state index contributed by atoms with van der Waals surface area (Å²) in [6.45, 7) is 3.56. The van der Waals surface area contributed by atoms with Crippen LogP contribution in [-0.2, 0) is 9.59 Å². The lowest BCUT2D eigenvalue weighted by atomic mass is 10.1. The van der Waals surface area contributed by atoms with Crippen LogP contribution in [0.1, 0.15) is 12.0 Å². The molecule has 4 rings (SSSR count). The topological polar surface area (TPSA) is 56.8 Å². The summed E-state index contributed by atoms with van der Waals surface area (Å²) in [6.07, 6.45) is 0.205. The van der Waals surface area contributed by atoms with Gasteiger partial charge in [-0.15, -0.1) is 12.4 Å². The molecule has 2 aromatic carbocycles. The number of amides is 2. The van der Waals surface area contributed by atoms with Crippen molar-refractivity contribution < 1.29 is 9.59 Å². The van der Waals surface area contributed by atoms with Gasteiger partial charge in [-0.1, -0.05) is 47.2 Å². The van der Waals surface area contributed by atoms with Crippen molar-refractivity contribution in [3.05, 3.63) is 53.1 Å². The van der Waals surface area contributed by atoms with Crippen LogP contribution in [0.25, 0.3) is 10.2 Å². The van der Waals surface area contributed by atoms with Crippen LogP contribution in [0.15, 0.2) is 42.5 Å². The summed E-state index contributed by atoms with van der Waals surface area (Å²) in [6, 6.07) is 13.3. The van der Waals surface area contributed by atoms with E-state index in [1.165, 1.54) is 11.3 Å². The molecular weight excluding hydrogens is 467 g/mol. The normalized spacial score (nSPS) is 16.0. The molecule has 1 saturated heterocycles. The number of thiazole rings is 1. The molecule has 1 fully saturated rings. The largest absolute Gasteiger partial charge is 0.312 e. The molecule has 1 atom stereocenters. The van der Waals surface area contributed by atoms with Gasteiger partial charge in [0.25, 0.3) is 0 Å². The first-order valence-corrected chi connectivity index (χ1v) is 11.4. The first-order chi connectivity index (χ1) is 14.8. The molecule has 32 heavy (non-hydrogen) atoms. The number of carbonyl (C=O) groups excluding carboxylic acids is 2. The molecule has 170 valence electrons. The quantitative estimate of drug-likeness (QED) is 0.503. The van der Waals surface area contributed by atoms with Gasteiger partial charge in [-0.3, -0.25) is 14.5 Å². The summed E-state index contributed by atoms with van der Waals surface area (Å²) in [5, 5.41) is 1.26. The van der Waals surface area contributed by atoms with Crippen molar-refractivity contribution in [3.63, 3.8) is 0 Å². The molecule has 2 amide bonds. The van der Waals surface area contributed by atoms with Gasteiger partial charge in [0.2, 0.25) is 11.8 Å². The molecular formula is C23H26Cl2N4O2S. The Hall–Kier alpha value is -2.19. The van der Waals surface area contributed by atoms with Gasteiger partial charge in [-0.2, -0.15) is 0 Å². The third-order valence-electron chi connectivity index (χ3n) is 5.50. The molecule has 6 nitrogen and oxygen atoms in total. The van der Waals surface area contributed by atoms with Crippen LogP contribution in [0, 0.1) is 12.8 Å². The zero-order valence-corrected chi connectivity index (χ0v) is 20.6. The highest BCUT2D eigenvalue weighted by molar-refractivity contribution is 7.23. The van der Waals surface area contributed by atoms with Crippen molar-refractivity contribution >= 4 is 68.2 Å². The highest BCUT2D eigenvalue weighted by Gasteiger charge is 2.38. The Bertz CT molecular complexity index is 1080. The average Bonchev–Trinajstić information content (AvgIpc) is 3.36. The Morgan fingerprint density at radius 2 is 1.91 bits per heavy atom. The van der Waals surface area contributed by atoms with Crippen LogP contribution in [0.5, 0.6) is 0 Å². The van der Waals surface area contributed by atoms with E-state index in [0.717, 1.165) is 21.5 Å². The summed E-state index contributed by atoms with van der Waals surface area (Å²) in [5.41, 5.74) is 2.67. The lowest BCUT2D eigenvalue weighted by Crippen LogP contribution is -2.41. The van der Waals surface area contributed by atoms with E-state index in [2.05, 4.69) is 0 Å². The molecule has 0 spiro atoms. The maximum Gasteiger partial charge on any atom is 0.234 e. The highest BCUT2D eigenvalue weighted by atomic mass is 35.5. The van der Waals surface area contributed by atoms with Gasteiger partial charge in [-0.25, -0.2) is 4.98 Å². The van der Waals surface area contributed by atoms with Crippen LogP contribution < -0.4 is 9.80 Å². The van der Waals surface area contributed by atoms with Gasteiger partial charge in [0.1, 0.15) is 0 Å². The summed E-state index contributed by atoms with van der Waals surface area (Å²) in [5.74, 6) is -0.500. The van der Waals surface area contributed by atoms with Crippen LogP contribution in [-0.4, -0.2) is 55.4 Å². The second-order valence-electron chi connectivity index (χ2n) is 8.07. The fraction of sp³-hybridized carbons (Fsp3) is 0.348. The zero-order chi connectivity index (χ0) is 22.1. The van der Waals surface area contributed by atoms with Crippen LogP contribution in [0.4, 0.5) is 10.8 Å². The van der Waals surface area contributed by atoms with Crippen LogP contribution >= 0.6 is 35.3 Å². The molecule has 1 aliphatic rings. The zero-order valence-electron chi connectivity index (χ0n) is 18.2. The van der Waals surface area contributed by atoms with Crippen LogP contribution in [0.2, 0.25) is 5.02 Å². The summed E-state index contributed by atoms with van der Waals surface area (Å²) >= 11 is 7.82. The predicted molar refractivity (Wildman–Crippen MR) is 134 cm³/mol. The van der Waals surface area contributed by atoms with Gasteiger partial charge < -0.3 is 9.80 Å². The van der Waals surface area contributed by atoms with E-state index >= 15 is 0 Å². The Kier molecular flexibility index (Phi) is 7.77.